The highest BCUT2D eigenvalue weighted by Crippen LogP contribution is 2.33. The van der Waals surface area contributed by atoms with Crippen molar-refractivity contribution >= 4 is 23.2 Å². The van der Waals surface area contributed by atoms with Gasteiger partial charge in [0, 0.05) is 31.9 Å². The van der Waals surface area contributed by atoms with Gasteiger partial charge in [-0.1, -0.05) is 30.3 Å². The Balaban J connectivity index is 1.42. The molecule has 2 amide bonds. The summed E-state index contributed by atoms with van der Waals surface area (Å²) in [6.07, 6.45) is -0.581. The van der Waals surface area contributed by atoms with Crippen LogP contribution in [0.2, 0.25) is 0 Å². The third-order valence-corrected chi connectivity index (χ3v) is 5.12. The number of hydrogen-bond donors (Lipinski definition) is 0. The van der Waals surface area contributed by atoms with E-state index in [0.29, 0.717) is 24.5 Å². The predicted molar refractivity (Wildman–Crippen MR) is 104 cm³/mol. The smallest absolute Gasteiger partial charge is 0.268 e. The summed E-state index contributed by atoms with van der Waals surface area (Å²) in [4.78, 5) is 31.1. The zero-order chi connectivity index (χ0) is 18.8. The van der Waals surface area contributed by atoms with E-state index in [4.69, 9.17) is 4.74 Å². The average Bonchev–Trinajstić information content (AvgIpc) is 2.72. The summed E-state index contributed by atoms with van der Waals surface area (Å²) >= 11 is 0. The summed E-state index contributed by atoms with van der Waals surface area (Å²) in [5, 5.41) is 0. The first kappa shape index (κ1) is 17.4. The molecule has 0 aromatic heterocycles. The number of carbonyl (C=O) groups is 2. The molecule has 2 aromatic carbocycles. The Hall–Kier alpha value is -3.02. The zero-order valence-corrected chi connectivity index (χ0v) is 15.4. The van der Waals surface area contributed by atoms with Gasteiger partial charge in [0.1, 0.15) is 12.3 Å². The van der Waals surface area contributed by atoms with Crippen molar-refractivity contribution in [1.29, 1.82) is 0 Å². The summed E-state index contributed by atoms with van der Waals surface area (Å²) in [6, 6.07) is 17.6. The second-order valence-electron chi connectivity index (χ2n) is 6.86. The monoisotopic (exact) mass is 365 g/mol. The highest BCUT2D eigenvalue weighted by Gasteiger charge is 2.34. The molecule has 6 heteroatoms. The molecular weight excluding hydrogens is 342 g/mol. The first-order valence-electron chi connectivity index (χ1n) is 9.28. The third kappa shape index (κ3) is 3.47. The molecule has 0 N–H and O–H groups in total. The number of amides is 2. The van der Waals surface area contributed by atoms with Crippen LogP contribution in [0.25, 0.3) is 0 Å². The van der Waals surface area contributed by atoms with Crippen molar-refractivity contribution < 1.29 is 14.3 Å². The molecule has 2 aliphatic heterocycles. The molecule has 0 spiro atoms. The Kier molecular flexibility index (Phi) is 4.71. The maximum atomic E-state index is 12.8. The van der Waals surface area contributed by atoms with Crippen molar-refractivity contribution in [2.24, 2.45) is 0 Å². The minimum absolute atomic E-state index is 0.0278. The minimum atomic E-state index is -0.581. The number of fused-ring (bicyclic) bond motifs is 1. The van der Waals surface area contributed by atoms with E-state index < -0.39 is 6.10 Å². The molecule has 2 aliphatic rings. The summed E-state index contributed by atoms with van der Waals surface area (Å²) in [5.41, 5.74) is 1.84. The molecule has 140 valence electrons. The van der Waals surface area contributed by atoms with Gasteiger partial charge in [-0.3, -0.25) is 14.5 Å². The van der Waals surface area contributed by atoms with E-state index in [0.717, 1.165) is 13.1 Å². The summed E-state index contributed by atoms with van der Waals surface area (Å²) in [6.45, 7) is 4.66. The van der Waals surface area contributed by atoms with Crippen molar-refractivity contribution in [1.82, 2.24) is 4.90 Å². The normalized spacial score (nSPS) is 19.5. The van der Waals surface area contributed by atoms with Gasteiger partial charge in [0.25, 0.3) is 5.91 Å². The van der Waals surface area contributed by atoms with Crippen molar-refractivity contribution in [3.8, 4) is 5.75 Å². The third-order valence-electron chi connectivity index (χ3n) is 5.12. The molecule has 0 saturated carbocycles. The number of rotatable bonds is 3. The van der Waals surface area contributed by atoms with Crippen molar-refractivity contribution in [2.45, 2.75) is 13.0 Å². The minimum Gasteiger partial charge on any atom is -0.479 e. The second kappa shape index (κ2) is 7.31. The maximum absolute atomic E-state index is 12.8. The molecule has 1 fully saturated rings. The lowest BCUT2D eigenvalue weighted by Crippen LogP contribution is -2.54. The van der Waals surface area contributed by atoms with Crippen molar-refractivity contribution in [3.05, 3.63) is 54.6 Å². The van der Waals surface area contributed by atoms with E-state index >= 15 is 0 Å². The van der Waals surface area contributed by atoms with E-state index in [2.05, 4.69) is 17.0 Å². The molecule has 0 aliphatic carbocycles. The Morgan fingerprint density at radius 2 is 1.67 bits per heavy atom. The molecular formula is C21H23N3O3. The summed E-state index contributed by atoms with van der Waals surface area (Å²) < 4.78 is 5.64. The lowest BCUT2D eigenvalue weighted by atomic mass is 10.2. The van der Waals surface area contributed by atoms with Crippen LogP contribution < -0.4 is 14.5 Å². The van der Waals surface area contributed by atoms with Crippen LogP contribution in [-0.2, 0) is 9.59 Å². The molecule has 2 heterocycles. The van der Waals surface area contributed by atoms with Crippen LogP contribution in [0.4, 0.5) is 11.4 Å². The van der Waals surface area contributed by atoms with Crippen LogP contribution in [0.3, 0.4) is 0 Å². The van der Waals surface area contributed by atoms with E-state index in [1.807, 2.05) is 47.4 Å². The van der Waals surface area contributed by atoms with Gasteiger partial charge in [-0.25, -0.2) is 0 Å². The maximum Gasteiger partial charge on any atom is 0.268 e. The SMILES string of the molecule is CC1Oc2ccccc2N(CC(=O)N2CCN(c3ccccc3)CC2)C1=O. The van der Waals surface area contributed by atoms with Gasteiger partial charge < -0.3 is 14.5 Å². The molecule has 1 atom stereocenters. The van der Waals surface area contributed by atoms with Gasteiger partial charge in [-0.05, 0) is 31.2 Å². The van der Waals surface area contributed by atoms with Crippen molar-refractivity contribution in [2.75, 3.05) is 42.5 Å². The van der Waals surface area contributed by atoms with Gasteiger partial charge in [0.15, 0.2) is 6.10 Å². The van der Waals surface area contributed by atoms with Crippen molar-refractivity contribution in [3.63, 3.8) is 0 Å². The number of carbonyl (C=O) groups excluding carboxylic acids is 2. The lowest BCUT2D eigenvalue weighted by Gasteiger charge is -2.38. The molecule has 27 heavy (non-hydrogen) atoms. The van der Waals surface area contributed by atoms with E-state index in [1.165, 1.54) is 5.69 Å². The van der Waals surface area contributed by atoms with Gasteiger partial charge in [-0.15, -0.1) is 0 Å². The number of ether oxygens (including phenoxy) is 1. The highest BCUT2D eigenvalue weighted by atomic mass is 16.5. The van der Waals surface area contributed by atoms with Gasteiger partial charge in [-0.2, -0.15) is 0 Å². The fraction of sp³-hybridized carbons (Fsp3) is 0.333. The second-order valence-corrected chi connectivity index (χ2v) is 6.86. The first-order chi connectivity index (χ1) is 13.1. The van der Waals surface area contributed by atoms with Crippen LogP contribution in [0.15, 0.2) is 54.6 Å². The van der Waals surface area contributed by atoms with E-state index in [1.54, 1.807) is 11.8 Å². The fourth-order valence-corrected chi connectivity index (χ4v) is 3.61. The van der Waals surface area contributed by atoms with E-state index in [-0.39, 0.29) is 18.4 Å². The molecule has 0 bridgehead atoms. The van der Waals surface area contributed by atoms with Crippen LogP contribution in [0.1, 0.15) is 6.92 Å². The van der Waals surface area contributed by atoms with Gasteiger partial charge >= 0.3 is 0 Å². The largest absolute Gasteiger partial charge is 0.479 e. The van der Waals surface area contributed by atoms with E-state index in [9.17, 15) is 9.59 Å². The average molecular weight is 365 g/mol. The Bertz CT molecular complexity index is 832. The molecule has 1 saturated heterocycles. The Morgan fingerprint density at radius 1 is 1.00 bits per heavy atom. The predicted octanol–water partition coefficient (Wildman–Crippen LogP) is 2.15. The summed E-state index contributed by atoms with van der Waals surface area (Å²) in [7, 11) is 0. The number of para-hydroxylation sites is 3. The van der Waals surface area contributed by atoms with Crippen LogP contribution >= 0.6 is 0 Å². The molecule has 4 rings (SSSR count). The number of piperazine rings is 1. The highest BCUT2D eigenvalue weighted by molar-refractivity contribution is 6.03. The summed E-state index contributed by atoms with van der Waals surface area (Å²) in [5.74, 6) is 0.441. The fourth-order valence-electron chi connectivity index (χ4n) is 3.61. The number of hydrogen-bond acceptors (Lipinski definition) is 4. The molecule has 1 unspecified atom stereocenters. The van der Waals surface area contributed by atoms with Gasteiger partial charge in [0.05, 0.1) is 5.69 Å². The zero-order valence-electron chi connectivity index (χ0n) is 15.4. The van der Waals surface area contributed by atoms with Crippen LogP contribution in [0, 0.1) is 0 Å². The standard InChI is InChI=1S/C21H23N3O3/c1-16-21(26)24(18-9-5-6-10-19(18)27-16)15-20(25)23-13-11-22(12-14-23)17-7-3-2-4-8-17/h2-10,16H,11-15H2,1H3. The van der Waals surface area contributed by atoms with Gasteiger partial charge in [0.2, 0.25) is 5.91 Å². The van der Waals surface area contributed by atoms with Crippen LogP contribution in [-0.4, -0.2) is 55.5 Å². The number of anilines is 2. The lowest BCUT2D eigenvalue weighted by molar-refractivity contribution is -0.133. The Labute approximate surface area is 158 Å². The molecule has 0 radical (unpaired) electrons. The molecule has 6 nitrogen and oxygen atoms in total. The quantitative estimate of drug-likeness (QED) is 0.836. The number of benzene rings is 2. The number of nitrogens with zero attached hydrogens (tertiary/aromatic N) is 3. The molecule has 2 aromatic rings. The Morgan fingerprint density at radius 3 is 2.41 bits per heavy atom. The topological polar surface area (TPSA) is 53.1 Å². The first-order valence-corrected chi connectivity index (χ1v) is 9.28. The van der Waals surface area contributed by atoms with Crippen LogP contribution in [0.5, 0.6) is 5.75 Å².